The molecule has 2 rings (SSSR count). The number of alkyl halides is 2. The van der Waals surface area contributed by atoms with Gasteiger partial charge in [0.2, 0.25) is 0 Å². The second-order valence-electron chi connectivity index (χ2n) is 6.90. The van der Waals surface area contributed by atoms with E-state index >= 15 is 0 Å². The zero-order valence-electron chi connectivity index (χ0n) is 18.9. The molecule has 0 aliphatic rings. The number of nitrogens with zero attached hydrogens (tertiary/aromatic N) is 5. The van der Waals surface area contributed by atoms with E-state index in [1.54, 1.807) is 42.2 Å². The SMILES string of the molecule is COC(C)(C)OC.COC(C)(C)n1nc(CCl)n(C)c1=O.Cn1c(CCl)n[nH]c1=O. The van der Waals surface area contributed by atoms with Crippen LogP contribution < -0.4 is 11.4 Å². The van der Waals surface area contributed by atoms with E-state index in [4.69, 9.17) is 37.4 Å². The van der Waals surface area contributed by atoms with E-state index in [0.29, 0.717) is 11.6 Å². The summed E-state index contributed by atoms with van der Waals surface area (Å²) in [5.74, 6) is 1.14. The summed E-state index contributed by atoms with van der Waals surface area (Å²) >= 11 is 11.0. The predicted octanol–water partition coefficient (Wildman–Crippen LogP) is 1.52. The van der Waals surface area contributed by atoms with Crippen molar-refractivity contribution in [1.29, 1.82) is 0 Å². The Morgan fingerprint density at radius 3 is 1.63 bits per heavy atom. The first-order chi connectivity index (χ1) is 13.8. The number of rotatable bonds is 6. The van der Waals surface area contributed by atoms with Gasteiger partial charge in [0.15, 0.2) is 11.5 Å². The van der Waals surface area contributed by atoms with Crippen LogP contribution in [0.1, 0.15) is 39.3 Å². The van der Waals surface area contributed by atoms with Crippen molar-refractivity contribution in [1.82, 2.24) is 29.1 Å². The number of nitrogens with one attached hydrogen (secondary N) is 1. The van der Waals surface area contributed by atoms with Crippen molar-refractivity contribution in [3.8, 4) is 0 Å². The second kappa shape index (κ2) is 12.3. The summed E-state index contributed by atoms with van der Waals surface area (Å²) in [6.45, 7) is 7.23. The maximum atomic E-state index is 11.7. The highest BCUT2D eigenvalue weighted by molar-refractivity contribution is 6.16. The van der Waals surface area contributed by atoms with Crippen LogP contribution in [0.2, 0.25) is 0 Å². The molecular weight excluding hydrogens is 439 g/mol. The summed E-state index contributed by atoms with van der Waals surface area (Å²) in [6.07, 6.45) is 0. The molecule has 11 nitrogen and oxygen atoms in total. The first-order valence-corrected chi connectivity index (χ1v) is 9.91. The third kappa shape index (κ3) is 7.88. The van der Waals surface area contributed by atoms with Crippen LogP contribution in [0.4, 0.5) is 0 Å². The molecule has 0 saturated carbocycles. The van der Waals surface area contributed by atoms with Crippen molar-refractivity contribution >= 4 is 23.2 Å². The number of methoxy groups -OCH3 is 3. The molecule has 0 bridgehead atoms. The van der Waals surface area contributed by atoms with E-state index in [2.05, 4.69) is 15.3 Å². The predicted molar refractivity (Wildman–Crippen MR) is 115 cm³/mol. The lowest BCUT2D eigenvalue weighted by Crippen LogP contribution is -2.38. The van der Waals surface area contributed by atoms with Crippen molar-refractivity contribution < 1.29 is 14.2 Å². The largest absolute Gasteiger partial charge is 0.357 e. The van der Waals surface area contributed by atoms with Gasteiger partial charge < -0.3 is 14.2 Å². The van der Waals surface area contributed by atoms with Crippen LogP contribution in [0.3, 0.4) is 0 Å². The molecule has 1 N–H and O–H groups in total. The molecule has 174 valence electrons. The van der Waals surface area contributed by atoms with Gasteiger partial charge in [-0.05, 0) is 27.7 Å². The summed E-state index contributed by atoms with van der Waals surface area (Å²) < 4.78 is 19.0. The van der Waals surface area contributed by atoms with Crippen LogP contribution in [-0.4, -0.2) is 56.2 Å². The van der Waals surface area contributed by atoms with Crippen LogP contribution in [0.5, 0.6) is 0 Å². The number of aromatic nitrogens is 6. The Morgan fingerprint density at radius 1 is 0.900 bits per heavy atom. The van der Waals surface area contributed by atoms with Gasteiger partial charge in [-0.15, -0.1) is 23.2 Å². The Morgan fingerprint density at radius 2 is 1.40 bits per heavy atom. The molecule has 2 heterocycles. The summed E-state index contributed by atoms with van der Waals surface area (Å²) in [4.78, 5) is 22.3. The maximum Gasteiger partial charge on any atom is 0.348 e. The zero-order chi connectivity index (χ0) is 23.7. The van der Waals surface area contributed by atoms with Crippen LogP contribution in [0, 0.1) is 0 Å². The molecule has 0 amide bonds. The molecule has 0 aliphatic heterocycles. The van der Waals surface area contributed by atoms with E-state index in [0.717, 1.165) is 0 Å². The molecule has 0 aliphatic carbocycles. The standard InChI is InChI=1S/C8H14ClN3O2.C5H12O2.C4H6ClN3O/c1-8(2,14-4)12-7(13)11(3)6(5-9)10-12;1-5(2,6-3)7-4;1-8-3(2-5)6-7-4(8)9/h5H2,1-4H3;1-4H3;2H2,1H3,(H,7,9). The molecule has 2 aromatic rings. The second-order valence-corrected chi connectivity index (χ2v) is 7.43. The van der Waals surface area contributed by atoms with Gasteiger partial charge in [-0.25, -0.2) is 14.7 Å². The van der Waals surface area contributed by atoms with Gasteiger partial charge >= 0.3 is 11.4 Å². The third-order valence-corrected chi connectivity index (χ3v) is 4.75. The van der Waals surface area contributed by atoms with E-state index in [9.17, 15) is 9.59 Å². The maximum absolute atomic E-state index is 11.7. The molecule has 0 aromatic carbocycles. The fourth-order valence-electron chi connectivity index (χ4n) is 1.61. The quantitative estimate of drug-likeness (QED) is 0.501. The number of H-pyrrole nitrogens is 1. The van der Waals surface area contributed by atoms with Gasteiger partial charge in [0.05, 0.1) is 11.8 Å². The van der Waals surface area contributed by atoms with E-state index in [1.807, 2.05) is 13.8 Å². The van der Waals surface area contributed by atoms with Crippen molar-refractivity contribution in [2.45, 2.75) is 51.0 Å². The van der Waals surface area contributed by atoms with Crippen LogP contribution in [0.25, 0.3) is 0 Å². The van der Waals surface area contributed by atoms with Gasteiger partial charge in [-0.1, -0.05) is 0 Å². The molecule has 0 fully saturated rings. The number of hydrogen-bond donors (Lipinski definition) is 1. The van der Waals surface area contributed by atoms with Gasteiger partial charge in [-0.3, -0.25) is 9.13 Å². The van der Waals surface area contributed by atoms with Gasteiger partial charge in [0.1, 0.15) is 11.6 Å². The highest BCUT2D eigenvalue weighted by Crippen LogP contribution is 2.12. The third-order valence-electron chi connectivity index (χ3n) is 4.27. The number of ether oxygens (including phenoxy) is 3. The smallest absolute Gasteiger partial charge is 0.348 e. The Hall–Kier alpha value is -1.66. The molecule has 0 radical (unpaired) electrons. The Bertz CT molecular complexity index is 878. The number of halogens is 2. The first-order valence-electron chi connectivity index (χ1n) is 8.84. The topological polar surface area (TPSA) is 118 Å². The summed E-state index contributed by atoms with van der Waals surface area (Å²) in [6, 6.07) is 0. The highest BCUT2D eigenvalue weighted by atomic mass is 35.5. The molecule has 30 heavy (non-hydrogen) atoms. The average Bonchev–Trinajstić information content (AvgIpc) is 3.21. The average molecular weight is 471 g/mol. The Kier molecular flexibility index (Phi) is 11.6. The minimum absolute atomic E-state index is 0.207. The summed E-state index contributed by atoms with van der Waals surface area (Å²) in [5.41, 5.74) is -1.21. The van der Waals surface area contributed by atoms with Crippen molar-refractivity contribution in [2.24, 2.45) is 14.1 Å². The van der Waals surface area contributed by atoms with E-state index in [1.165, 1.54) is 20.9 Å². The van der Waals surface area contributed by atoms with Crippen LogP contribution in [-0.2, 0) is 45.8 Å². The van der Waals surface area contributed by atoms with Crippen LogP contribution >= 0.6 is 23.2 Å². The minimum Gasteiger partial charge on any atom is -0.357 e. The Labute approximate surface area is 185 Å². The van der Waals surface area contributed by atoms with Gasteiger partial charge in [-0.2, -0.15) is 14.9 Å². The highest BCUT2D eigenvalue weighted by Gasteiger charge is 2.25. The summed E-state index contributed by atoms with van der Waals surface area (Å²) in [7, 11) is 8.01. The molecule has 0 unspecified atom stereocenters. The fourth-order valence-corrected chi connectivity index (χ4v) is 2.09. The lowest BCUT2D eigenvalue weighted by molar-refractivity contribution is -0.178. The van der Waals surface area contributed by atoms with E-state index in [-0.39, 0.29) is 23.1 Å². The molecule has 2 aromatic heterocycles. The lowest BCUT2D eigenvalue weighted by Gasteiger charge is -2.21. The van der Waals surface area contributed by atoms with Gasteiger partial charge in [0.25, 0.3) is 0 Å². The molecular formula is C17H32Cl2N6O5. The molecule has 0 saturated heterocycles. The monoisotopic (exact) mass is 470 g/mol. The molecule has 13 heteroatoms. The lowest BCUT2D eigenvalue weighted by atomic mass is 10.3. The zero-order valence-corrected chi connectivity index (χ0v) is 20.5. The molecule has 0 spiro atoms. The first kappa shape index (κ1) is 28.3. The Balaban J connectivity index is 0.000000454. The fraction of sp³-hybridized carbons (Fsp3) is 0.765. The molecule has 0 atom stereocenters. The van der Waals surface area contributed by atoms with Crippen molar-refractivity contribution in [2.75, 3.05) is 21.3 Å². The van der Waals surface area contributed by atoms with Gasteiger partial charge in [0, 0.05) is 35.4 Å². The summed E-state index contributed by atoms with van der Waals surface area (Å²) in [5, 5.41) is 9.97. The van der Waals surface area contributed by atoms with Crippen molar-refractivity contribution in [3.63, 3.8) is 0 Å². The normalized spacial score (nSPS) is 11.4. The number of hydrogen-bond acceptors (Lipinski definition) is 7. The number of aromatic amines is 1. The van der Waals surface area contributed by atoms with E-state index < -0.39 is 11.5 Å². The minimum atomic E-state index is -0.751. The van der Waals surface area contributed by atoms with Crippen LogP contribution in [0.15, 0.2) is 9.59 Å². The van der Waals surface area contributed by atoms with Crippen molar-refractivity contribution in [3.05, 3.63) is 32.6 Å².